The first-order valence-electron chi connectivity index (χ1n) is 27.8. The lowest BCUT2D eigenvalue weighted by molar-refractivity contribution is 1.57. The van der Waals surface area contributed by atoms with Gasteiger partial charge in [-0.1, -0.05) is 283 Å². The summed E-state index contributed by atoms with van der Waals surface area (Å²) in [7, 11) is 0. The Morgan fingerprint density at radius 2 is 0.512 bits per heavy atom. The Morgan fingerprint density at radius 3 is 0.863 bits per heavy atom. The first-order valence-corrected chi connectivity index (χ1v) is 29.4. The highest BCUT2D eigenvalue weighted by molar-refractivity contribution is 9.10. The predicted molar refractivity (Wildman–Crippen MR) is 349 cm³/mol. The van der Waals surface area contributed by atoms with Crippen molar-refractivity contribution in [3.8, 4) is 111 Å². The number of hydrogen-bond donors (Lipinski definition) is 0. The summed E-state index contributed by atoms with van der Waals surface area (Å²) in [5, 5.41) is 7.97. The van der Waals surface area contributed by atoms with E-state index in [0.29, 0.717) is 0 Å². The SMILES string of the molecule is Brc1cc2c3c(c1)-c1cc(-c4c(-c5ccccc5)cccc4-c4ccccc4)c4cc5c6c(cc(-c7c(-c8ccccc8)cccc7-c7ccccc7)c7cc(c1c4c76)B3c1ccccc1-2)-c1cc(Br)cc2c1B5c1ccccc1-2. The van der Waals surface area contributed by atoms with Crippen molar-refractivity contribution in [2.75, 3.05) is 0 Å². The highest BCUT2D eigenvalue weighted by Crippen LogP contribution is 2.55. The van der Waals surface area contributed by atoms with Gasteiger partial charge < -0.3 is 0 Å². The second-order valence-electron chi connectivity index (χ2n) is 22.3. The number of halogens is 2. The Bertz CT molecular complexity index is 4580. The average molecular weight is 1140 g/mol. The van der Waals surface area contributed by atoms with Crippen molar-refractivity contribution in [1.29, 1.82) is 0 Å². The minimum absolute atomic E-state index is 0.0320. The molecule has 0 nitrogen and oxygen atoms in total. The van der Waals surface area contributed by atoms with E-state index < -0.39 is 0 Å². The largest absolute Gasteiger partial charge is 0.244 e. The van der Waals surface area contributed by atoms with Crippen LogP contribution in [0.5, 0.6) is 0 Å². The third kappa shape index (κ3) is 6.13. The van der Waals surface area contributed by atoms with E-state index in [1.807, 2.05) is 0 Å². The standard InChI is InChI=1S/C76H42B2Br2/c79-47-35-61-53-27-14-16-34-66(53)78-68-42-60-56(70-51(45-23-9-3-10-24-45)31-18-32-52(70)46-25-11-4-12-26-46)40-58-64-38-48(80)36-62-54-28-13-15-33-65(54)77(76(62)64)67-41-59-55(39-57(63(37-47)75(61)78)71(68)73(59)74(60)72(58)67)69-49(43-19-5-1-6-20-43)29-17-30-50(69)44-21-7-2-8-22-44/h1-42H. The van der Waals surface area contributed by atoms with Crippen LogP contribution >= 0.6 is 31.9 Å². The maximum absolute atomic E-state index is 4.13. The van der Waals surface area contributed by atoms with Crippen molar-refractivity contribution >= 4 is 110 Å². The third-order valence-corrected chi connectivity index (χ3v) is 19.3. The highest BCUT2D eigenvalue weighted by Gasteiger charge is 2.45. The summed E-state index contributed by atoms with van der Waals surface area (Å²) >= 11 is 8.26. The Balaban J connectivity index is 1.12. The fourth-order valence-electron chi connectivity index (χ4n) is 15.4. The van der Waals surface area contributed by atoms with E-state index in [4.69, 9.17) is 0 Å². The molecule has 4 aliphatic rings. The molecule has 0 N–H and O–H groups in total. The molecule has 4 heterocycles. The number of fused-ring (bicyclic) bond motifs is 10. The molecule has 0 bridgehead atoms. The molecule has 0 saturated carbocycles. The lowest BCUT2D eigenvalue weighted by Gasteiger charge is -2.33. The van der Waals surface area contributed by atoms with Crippen LogP contribution in [-0.4, -0.2) is 13.4 Å². The van der Waals surface area contributed by atoms with E-state index in [2.05, 4.69) is 287 Å². The molecule has 4 heteroatoms. The molecular formula is C76H42B2Br2. The lowest BCUT2D eigenvalue weighted by atomic mass is 9.34. The first-order chi connectivity index (χ1) is 39.6. The molecule has 366 valence electrons. The van der Waals surface area contributed by atoms with E-state index in [-0.39, 0.29) is 13.4 Å². The minimum atomic E-state index is 0.0320. The van der Waals surface area contributed by atoms with Gasteiger partial charge in [0.05, 0.1) is 0 Å². The maximum atomic E-state index is 4.13. The molecule has 4 aliphatic heterocycles. The number of hydrogen-bond acceptors (Lipinski definition) is 0. The van der Waals surface area contributed by atoms with Gasteiger partial charge in [-0.3, -0.25) is 0 Å². The molecule has 0 aliphatic carbocycles. The van der Waals surface area contributed by atoms with Gasteiger partial charge in [-0.15, -0.1) is 0 Å². The van der Waals surface area contributed by atoms with Crippen LogP contribution in [0.2, 0.25) is 0 Å². The minimum Gasteiger partial charge on any atom is -0.0664 e. The molecule has 14 aromatic rings. The molecule has 0 fully saturated rings. The van der Waals surface area contributed by atoms with E-state index in [0.717, 1.165) is 8.95 Å². The van der Waals surface area contributed by atoms with Crippen molar-refractivity contribution < 1.29 is 0 Å². The number of benzene rings is 14. The second kappa shape index (κ2) is 16.9. The van der Waals surface area contributed by atoms with Crippen LogP contribution in [0.3, 0.4) is 0 Å². The zero-order valence-corrected chi connectivity index (χ0v) is 46.3. The number of rotatable bonds is 6. The smallest absolute Gasteiger partial charge is 0.0664 e. The summed E-state index contributed by atoms with van der Waals surface area (Å²) in [5.74, 6) is 0. The zero-order chi connectivity index (χ0) is 52.5. The van der Waals surface area contributed by atoms with Crippen LogP contribution in [-0.2, 0) is 0 Å². The maximum Gasteiger partial charge on any atom is 0.244 e. The van der Waals surface area contributed by atoms with Gasteiger partial charge in [0.15, 0.2) is 0 Å². The monoisotopic (exact) mass is 1130 g/mol. The van der Waals surface area contributed by atoms with E-state index in [1.54, 1.807) is 0 Å². The summed E-state index contributed by atoms with van der Waals surface area (Å²) in [6.07, 6.45) is 0. The van der Waals surface area contributed by atoms with Crippen LogP contribution in [0.4, 0.5) is 0 Å². The second-order valence-corrected chi connectivity index (χ2v) is 24.1. The third-order valence-electron chi connectivity index (χ3n) is 18.4. The molecule has 0 amide bonds. The Kier molecular flexibility index (Phi) is 9.51. The Morgan fingerprint density at radius 1 is 0.212 bits per heavy atom. The topological polar surface area (TPSA) is 0 Å². The van der Waals surface area contributed by atoms with Crippen molar-refractivity contribution in [2.24, 2.45) is 0 Å². The van der Waals surface area contributed by atoms with Crippen LogP contribution in [0.15, 0.2) is 264 Å². The van der Waals surface area contributed by atoms with Gasteiger partial charge in [-0.05, 0) is 180 Å². The van der Waals surface area contributed by atoms with Gasteiger partial charge in [0.2, 0.25) is 13.4 Å². The summed E-state index contributed by atoms with van der Waals surface area (Å²) in [4.78, 5) is 0. The molecular weight excluding hydrogens is 1090 g/mol. The van der Waals surface area contributed by atoms with Crippen LogP contribution < -0.4 is 32.8 Å². The van der Waals surface area contributed by atoms with E-state index in [9.17, 15) is 0 Å². The molecule has 0 unspecified atom stereocenters. The lowest BCUT2D eigenvalue weighted by Crippen LogP contribution is -2.53. The molecule has 0 radical (unpaired) electrons. The molecule has 0 atom stereocenters. The molecule has 0 aromatic heterocycles. The zero-order valence-electron chi connectivity index (χ0n) is 43.2. The van der Waals surface area contributed by atoms with E-state index in [1.165, 1.54) is 176 Å². The fourth-order valence-corrected chi connectivity index (χ4v) is 16.3. The average Bonchev–Trinajstić information content (AvgIpc) is 4.14. The van der Waals surface area contributed by atoms with Crippen molar-refractivity contribution in [3.63, 3.8) is 0 Å². The summed E-state index contributed by atoms with van der Waals surface area (Å²) in [6, 6.07) is 96.9. The van der Waals surface area contributed by atoms with Crippen molar-refractivity contribution in [3.05, 3.63) is 264 Å². The molecule has 80 heavy (non-hydrogen) atoms. The first kappa shape index (κ1) is 45.1. The van der Waals surface area contributed by atoms with Crippen molar-refractivity contribution in [2.45, 2.75) is 0 Å². The molecule has 0 spiro atoms. The van der Waals surface area contributed by atoms with Crippen molar-refractivity contribution in [1.82, 2.24) is 0 Å². The van der Waals surface area contributed by atoms with Gasteiger partial charge >= 0.3 is 0 Å². The normalized spacial score (nSPS) is 12.8. The summed E-state index contributed by atoms with van der Waals surface area (Å²) in [6.45, 7) is 0.0640. The Hall–Kier alpha value is -8.79. The molecule has 18 rings (SSSR count). The predicted octanol–water partition coefficient (Wildman–Crippen LogP) is 17.1. The van der Waals surface area contributed by atoms with Crippen LogP contribution in [0, 0.1) is 0 Å². The highest BCUT2D eigenvalue weighted by atomic mass is 79.9. The van der Waals surface area contributed by atoms with Gasteiger partial charge in [0, 0.05) is 8.95 Å². The van der Waals surface area contributed by atoms with Gasteiger partial charge in [0.1, 0.15) is 0 Å². The van der Waals surface area contributed by atoms with Gasteiger partial charge in [-0.2, -0.15) is 0 Å². The summed E-state index contributed by atoms with van der Waals surface area (Å²) < 4.78 is 2.19. The van der Waals surface area contributed by atoms with Gasteiger partial charge in [-0.25, -0.2) is 0 Å². The van der Waals surface area contributed by atoms with Crippen LogP contribution in [0.1, 0.15) is 0 Å². The molecule has 14 aromatic carbocycles. The summed E-state index contributed by atoms with van der Waals surface area (Å²) in [5.41, 5.74) is 33.4. The van der Waals surface area contributed by atoms with E-state index >= 15 is 0 Å². The quantitative estimate of drug-likeness (QED) is 0.115. The Labute approximate surface area is 481 Å². The molecule has 0 saturated heterocycles. The fraction of sp³-hybridized carbons (Fsp3) is 0. The van der Waals surface area contributed by atoms with Gasteiger partial charge in [0.25, 0.3) is 0 Å². The van der Waals surface area contributed by atoms with Crippen LogP contribution in [0.25, 0.3) is 144 Å².